The predicted molar refractivity (Wildman–Crippen MR) is 80.5 cm³/mol. The molecule has 19 heavy (non-hydrogen) atoms. The molecule has 1 saturated carbocycles. The van der Waals surface area contributed by atoms with E-state index in [2.05, 4.69) is 31.0 Å². The lowest BCUT2D eigenvalue weighted by Gasteiger charge is -2.45. The summed E-state index contributed by atoms with van der Waals surface area (Å²) < 4.78 is 5.98. The van der Waals surface area contributed by atoms with Gasteiger partial charge < -0.3 is 10.1 Å². The minimum Gasteiger partial charge on any atom is -0.375 e. The van der Waals surface area contributed by atoms with Gasteiger partial charge in [0.15, 0.2) is 0 Å². The third-order valence-electron chi connectivity index (χ3n) is 5.08. The van der Waals surface area contributed by atoms with Gasteiger partial charge in [0.25, 0.3) is 0 Å². The van der Waals surface area contributed by atoms with E-state index in [1.165, 1.54) is 38.6 Å². The van der Waals surface area contributed by atoms with E-state index in [9.17, 15) is 0 Å². The number of nitrogens with zero attached hydrogens (tertiary/aromatic N) is 1. The van der Waals surface area contributed by atoms with Gasteiger partial charge in [-0.15, -0.1) is 0 Å². The van der Waals surface area contributed by atoms with Crippen LogP contribution in [0.15, 0.2) is 0 Å². The van der Waals surface area contributed by atoms with Crippen molar-refractivity contribution in [1.29, 1.82) is 0 Å². The molecule has 4 atom stereocenters. The minimum absolute atomic E-state index is 0.515. The monoisotopic (exact) mass is 268 g/mol. The Morgan fingerprint density at radius 2 is 2.05 bits per heavy atom. The highest BCUT2D eigenvalue weighted by atomic mass is 16.5. The zero-order valence-electron chi connectivity index (χ0n) is 13.0. The van der Waals surface area contributed by atoms with Gasteiger partial charge in [-0.1, -0.05) is 40.0 Å². The number of rotatable bonds is 6. The first-order valence-electron chi connectivity index (χ1n) is 8.35. The van der Waals surface area contributed by atoms with E-state index >= 15 is 0 Å². The van der Waals surface area contributed by atoms with Crippen LogP contribution in [0, 0.1) is 5.92 Å². The van der Waals surface area contributed by atoms with Gasteiger partial charge in [-0.3, -0.25) is 4.90 Å². The Morgan fingerprint density at radius 1 is 1.26 bits per heavy atom. The van der Waals surface area contributed by atoms with Crippen LogP contribution in [0.4, 0.5) is 0 Å². The molecule has 4 unspecified atom stereocenters. The molecule has 3 heteroatoms. The number of nitrogens with one attached hydrogen (secondary N) is 1. The maximum absolute atomic E-state index is 5.98. The third kappa shape index (κ3) is 3.93. The zero-order chi connectivity index (χ0) is 13.7. The molecule has 0 radical (unpaired) electrons. The highest BCUT2D eigenvalue weighted by Gasteiger charge is 2.35. The Hall–Kier alpha value is -0.120. The van der Waals surface area contributed by atoms with Crippen LogP contribution in [0.2, 0.25) is 0 Å². The van der Waals surface area contributed by atoms with Gasteiger partial charge in [0, 0.05) is 25.2 Å². The van der Waals surface area contributed by atoms with Gasteiger partial charge in [-0.05, 0) is 25.3 Å². The maximum Gasteiger partial charge on any atom is 0.0730 e. The van der Waals surface area contributed by atoms with Gasteiger partial charge in [0.2, 0.25) is 0 Å². The molecule has 1 N–H and O–H groups in total. The van der Waals surface area contributed by atoms with Crippen molar-refractivity contribution in [1.82, 2.24) is 10.2 Å². The smallest absolute Gasteiger partial charge is 0.0730 e. The highest BCUT2D eigenvalue weighted by molar-refractivity contribution is 4.90. The molecule has 2 rings (SSSR count). The predicted octanol–water partition coefficient (Wildman–Crippen LogP) is 2.65. The molecule has 2 aliphatic rings. The first-order chi connectivity index (χ1) is 9.26. The first kappa shape index (κ1) is 15.3. The molecule has 0 spiro atoms. The quantitative estimate of drug-likeness (QED) is 0.801. The number of likely N-dealkylation sites (N-methyl/N-ethyl adjacent to an activating group) is 1. The highest BCUT2D eigenvalue weighted by Crippen LogP contribution is 2.29. The van der Waals surface area contributed by atoms with Crippen molar-refractivity contribution < 1.29 is 4.74 Å². The third-order valence-corrected chi connectivity index (χ3v) is 5.08. The van der Waals surface area contributed by atoms with Gasteiger partial charge in [-0.25, -0.2) is 0 Å². The van der Waals surface area contributed by atoms with E-state index in [4.69, 9.17) is 4.74 Å². The van der Waals surface area contributed by atoms with Gasteiger partial charge in [0.1, 0.15) is 0 Å². The van der Waals surface area contributed by atoms with Crippen molar-refractivity contribution in [2.75, 3.05) is 26.2 Å². The van der Waals surface area contributed by atoms with Crippen LogP contribution in [0.25, 0.3) is 0 Å². The van der Waals surface area contributed by atoms with Gasteiger partial charge >= 0.3 is 0 Å². The summed E-state index contributed by atoms with van der Waals surface area (Å²) in [6, 6.07) is 1.32. The standard InChI is InChI=1S/C16H32N2O/c1-4-13(3)14(17-5-2)12-18-10-11-19-16-9-7-6-8-15(16)18/h13-17H,4-12H2,1-3H3. The molecule has 0 aromatic carbocycles. The normalized spacial score (nSPS) is 31.7. The summed E-state index contributed by atoms with van der Waals surface area (Å²) in [5.74, 6) is 0.754. The van der Waals surface area contributed by atoms with Crippen molar-refractivity contribution in [3.63, 3.8) is 0 Å². The Labute approximate surface area is 119 Å². The van der Waals surface area contributed by atoms with Gasteiger partial charge in [-0.2, -0.15) is 0 Å². The second-order valence-electron chi connectivity index (χ2n) is 6.31. The molecule has 0 aromatic rings. The molecule has 2 fully saturated rings. The second-order valence-corrected chi connectivity index (χ2v) is 6.31. The van der Waals surface area contributed by atoms with Crippen LogP contribution in [0.3, 0.4) is 0 Å². The number of morpholine rings is 1. The Balaban J connectivity index is 1.94. The van der Waals surface area contributed by atoms with Gasteiger partial charge in [0.05, 0.1) is 12.7 Å². The van der Waals surface area contributed by atoms with Crippen molar-refractivity contribution in [3.05, 3.63) is 0 Å². The van der Waals surface area contributed by atoms with Crippen LogP contribution in [-0.2, 0) is 4.74 Å². The molecule has 0 amide bonds. The van der Waals surface area contributed by atoms with E-state index in [0.29, 0.717) is 18.2 Å². The Bertz CT molecular complexity index is 257. The zero-order valence-corrected chi connectivity index (χ0v) is 13.0. The molecule has 0 bridgehead atoms. The van der Waals surface area contributed by atoms with Crippen LogP contribution in [0.5, 0.6) is 0 Å². The molecule has 1 saturated heterocycles. The number of ether oxygens (including phenoxy) is 1. The average molecular weight is 268 g/mol. The molecule has 1 heterocycles. The average Bonchev–Trinajstić information content (AvgIpc) is 2.46. The summed E-state index contributed by atoms with van der Waals surface area (Å²) >= 11 is 0. The molecule has 112 valence electrons. The molecule has 3 nitrogen and oxygen atoms in total. The van der Waals surface area contributed by atoms with E-state index in [1.54, 1.807) is 0 Å². The van der Waals surface area contributed by atoms with Crippen LogP contribution in [-0.4, -0.2) is 49.3 Å². The topological polar surface area (TPSA) is 24.5 Å². The second kappa shape index (κ2) is 7.61. The number of hydrogen-bond donors (Lipinski definition) is 1. The SMILES string of the molecule is CCNC(CN1CCOC2CCCCC21)C(C)CC. The lowest BCUT2D eigenvalue weighted by atomic mass is 9.89. The van der Waals surface area contributed by atoms with Crippen LogP contribution in [0.1, 0.15) is 52.9 Å². The lowest BCUT2D eigenvalue weighted by Crippen LogP contribution is -2.57. The van der Waals surface area contributed by atoms with E-state index in [1.807, 2.05) is 0 Å². The molecule has 0 aromatic heterocycles. The van der Waals surface area contributed by atoms with E-state index in [0.717, 1.165) is 25.6 Å². The summed E-state index contributed by atoms with van der Waals surface area (Å²) in [4.78, 5) is 2.72. The van der Waals surface area contributed by atoms with Crippen LogP contribution < -0.4 is 5.32 Å². The summed E-state index contributed by atoms with van der Waals surface area (Å²) in [6.45, 7) is 11.2. The summed E-state index contributed by atoms with van der Waals surface area (Å²) in [7, 11) is 0. The minimum atomic E-state index is 0.515. The summed E-state index contributed by atoms with van der Waals surface area (Å²) in [5, 5.41) is 3.69. The van der Waals surface area contributed by atoms with E-state index in [-0.39, 0.29) is 0 Å². The number of fused-ring (bicyclic) bond motifs is 1. The molecule has 1 aliphatic heterocycles. The fourth-order valence-electron chi connectivity index (χ4n) is 3.65. The molecule has 1 aliphatic carbocycles. The summed E-state index contributed by atoms with van der Waals surface area (Å²) in [5.41, 5.74) is 0. The first-order valence-corrected chi connectivity index (χ1v) is 8.35. The van der Waals surface area contributed by atoms with Crippen molar-refractivity contribution >= 4 is 0 Å². The Kier molecular flexibility index (Phi) is 6.11. The fraction of sp³-hybridized carbons (Fsp3) is 1.00. The number of hydrogen-bond acceptors (Lipinski definition) is 3. The Morgan fingerprint density at radius 3 is 2.79 bits per heavy atom. The molecular weight excluding hydrogens is 236 g/mol. The fourth-order valence-corrected chi connectivity index (χ4v) is 3.65. The van der Waals surface area contributed by atoms with E-state index < -0.39 is 0 Å². The van der Waals surface area contributed by atoms with Crippen molar-refractivity contribution in [2.45, 2.75) is 71.1 Å². The van der Waals surface area contributed by atoms with Crippen molar-refractivity contribution in [3.8, 4) is 0 Å². The largest absolute Gasteiger partial charge is 0.375 e. The summed E-state index contributed by atoms with van der Waals surface area (Å²) in [6.07, 6.45) is 7.13. The van der Waals surface area contributed by atoms with Crippen molar-refractivity contribution in [2.24, 2.45) is 5.92 Å². The van der Waals surface area contributed by atoms with Crippen LogP contribution >= 0.6 is 0 Å². The maximum atomic E-state index is 5.98. The molecular formula is C16H32N2O. The lowest BCUT2D eigenvalue weighted by molar-refractivity contribution is -0.0914.